The number of hydrogen-bond acceptors (Lipinski definition) is 8. The van der Waals surface area contributed by atoms with Gasteiger partial charge in [0, 0.05) is 13.0 Å². The van der Waals surface area contributed by atoms with Crippen molar-refractivity contribution in [1.29, 1.82) is 0 Å². The number of amides is 3. The Labute approximate surface area is 232 Å². The standard InChI is InChI=1S/C25H41N7O6S/c1-14(2)20(23(36)30-18(24(37)38)5-4-11-29-25(27)28)32-22(35)19(13-15-6-8-16(33)9-7-15)31-21(34)17(26)10-12-39-3/h6-9,14,17-20,33H,4-5,10-13,26H2,1-3H3,(H,30,36)(H,31,34)(H,32,35)(H,37,38)(H4,27,28,29). The van der Waals surface area contributed by atoms with E-state index in [0.717, 1.165) is 0 Å². The van der Waals surface area contributed by atoms with Crippen LogP contribution in [0.25, 0.3) is 0 Å². The lowest BCUT2D eigenvalue weighted by Crippen LogP contribution is -2.59. The highest BCUT2D eigenvalue weighted by molar-refractivity contribution is 7.98. The molecule has 11 N–H and O–H groups in total. The van der Waals surface area contributed by atoms with E-state index in [2.05, 4.69) is 20.9 Å². The van der Waals surface area contributed by atoms with Gasteiger partial charge in [-0.2, -0.15) is 11.8 Å². The van der Waals surface area contributed by atoms with Crippen LogP contribution in [0, 0.1) is 5.92 Å². The summed E-state index contributed by atoms with van der Waals surface area (Å²) in [6.45, 7) is 3.60. The van der Waals surface area contributed by atoms with Crippen LogP contribution in [0.1, 0.15) is 38.7 Å². The molecule has 0 saturated heterocycles. The summed E-state index contributed by atoms with van der Waals surface area (Å²) in [6, 6.07) is 1.94. The number of aliphatic imine (C=N–C) groups is 1. The molecular weight excluding hydrogens is 526 g/mol. The number of nitrogens with two attached hydrogens (primary N) is 3. The SMILES string of the molecule is CSCCC(N)C(=O)NC(Cc1ccc(O)cc1)C(=O)NC(C(=O)NC(CCCN=C(N)N)C(=O)O)C(C)C. The van der Waals surface area contributed by atoms with E-state index >= 15 is 0 Å². The fourth-order valence-electron chi connectivity index (χ4n) is 3.54. The Morgan fingerprint density at radius 2 is 1.56 bits per heavy atom. The number of carbonyl (C=O) groups excluding carboxylic acids is 3. The highest BCUT2D eigenvalue weighted by Crippen LogP contribution is 2.13. The van der Waals surface area contributed by atoms with Crippen LogP contribution in [0.15, 0.2) is 29.3 Å². The Hall–Kier alpha value is -3.52. The lowest BCUT2D eigenvalue weighted by molar-refractivity contribution is -0.142. The van der Waals surface area contributed by atoms with Crippen molar-refractivity contribution in [1.82, 2.24) is 16.0 Å². The van der Waals surface area contributed by atoms with Gasteiger partial charge in [0.15, 0.2) is 5.96 Å². The number of thioether (sulfide) groups is 1. The minimum absolute atomic E-state index is 0.0469. The van der Waals surface area contributed by atoms with E-state index in [1.54, 1.807) is 26.0 Å². The molecule has 218 valence electrons. The summed E-state index contributed by atoms with van der Waals surface area (Å²) in [7, 11) is 0. The van der Waals surface area contributed by atoms with E-state index in [1.165, 1.54) is 23.9 Å². The molecule has 0 aliphatic heterocycles. The van der Waals surface area contributed by atoms with Crippen molar-refractivity contribution in [2.24, 2.45) is 28.1 Å². The van der Waals surface area contributed by atoms with Crippen LogP contribution >= 0.6 is 11.8 Å². The van der Waals surface area contributed by atoms with Crippen molar-refractivity contribution in [2.75, 3.05) is 18.6 Å². The molecule has 4 atom stereocenters. The van der Waals surface area contributed by atoms with Crippen LogP contribution in [0.5, 0.6) is 5.75 Å². The van der Waals surface area contributed by atoms with E-state index in [9.17, 15) is 29.4 Å². The highest BCUT2D eigenvalue weighted by Gasteiger charge is 2.32. The van der Waals surface area contributed by atoms with Crippen LogP contribution in [0.4, 0.5) is 0 Å². The predicted molar refractivity (Wildman–Crippen MR) is 151 cm³/mol. The lowest BCUT2D eigenvalue weighted by Gasteiger charge is -2.27. The lowest BCUT2D eigenvalue weighted by atomic mass is 10.00. The Morgan fingerprint density at radius 1 is 0.949 bits per heavy atom. The quantitative estimate of drug-likeness (QED) is 0.0667. The summed E-state index contributed by atoms with van der Waals surface area (Å²) in [5.41, 5.74) is 17.2. The van der Waals surface area contributed by atoms with Crippen molar-refractivity contribution in [3.8, 4) is 5.75 Å². The van der Waals surface area contributed by atoms with Gasteiger partial charge in [0.2, 0.25) is 17.7 Å². The third-order valence-corrected chi connectivity index (χ3v) is 6.43. The van der Waals surface area contributed by atoms with Gasteiger partial charge in [-0.1, -0.05) is 26.0 Å². The monoisotopic (exact) mass is 567 g/mol. The summed E-state index contributed by atoms with van der Waals surface area (Å²) in [6.07, 6.45) is 2.76. The first-order chi connectivity index (χ1) is 18.3. The molecule has 1 aromatic rings. The summed E-state index contributed by atoms with van der Waals surface area (Å²) in [4.78, 5) is 54.6. The summed E-state index contributed by atoms with van der Waals surface area (Å²) in [5, 5.41) is 26.9. The molecule has 1 aromatic carbocycles. The predicted octanol–water partition coefficient (Wildman–Crippen LogP) is -0.736. The fraction of sp³-hybridized carbons (Fsp3) is 0.560. The number of phenolic OH excluding ortho intramolecular Hbond substituents is 1. The minimum Gasteiger partial charge on any atom is -0.508 e. The molecule has 0 aliphatic rings. The maximum atomic E-state index is 13.3. The molecule has 0 aromatic heterocycles. The molecule has 4 unspecified atom stereocenters. The van der Waals surface area contributed by atoms with Crippen molar-refractivity contribution >= 4 is 41.4 Å². The van der Waals surface area contributed by atoms with Crippen LogP contribution in [-0.4, -0.2) is 82.6 Å². The van der Waals surface area contributed by atoms with E-state index in [1.807, 2.05) is 6.26 Å². The Balaban J connectivity index is 3.03. The maximum absolute atomic E-state index is 13.3. The van der Waals surface area contributed by atoms with Gasteiger partial charge in [0.1, 0.15) is 23.9 Å². The summed E-state index contributed by atoms with van der Waals surface area (Å²) >= 11 is 1.54. The molecular formula is C25H41N7O6S. The number of phenols is 1. The number of carbonyl (C=O) groups is 4. The number of carboxylic acids is 1. The van der Waals surface area contributed by atoms with Crippen LogP contribution in [-0.2, 0) is 25.6 Å². The Kier molecular flexibility index (Phi) is 14.7. The van der Waals surface area contributed by atoms with Gasteiger partial charge in [-0.05, 0) is 54.9 Å². The van der Waals surface area contributed by atoms with E-state index < -0.39 is 53.8 Å². The van der Waals surface area contributed by atoms with Gasteiger partial charge in [0.25, 0.3) is 0 Å². The zero-order valence-electron chi connectivity index (χ0n) is 22.6. The molecule has 3 amide bonds. The smallest absolute Gasteiger partial charge is 0.326 e. The first-order valence-electron chi connectivity index (χ1n) is 12.6. The number of aromatic hydroxyl groups is 1. The molecule has 0 fully saturated rings. The molecule has 1 rings (SSSR count). The molecule has 0 heterocycles. The van der Waals surface area contributed by atoms with Crippen molar-refractivity contribution in [3.63, 3.8) is 0 Å². The topological polar surface area (TPSA) is 235 Å². The van der Waals surface area contributed by atoms with Gasteiger partial charge in [-0.25, -0.2) is 4.79 Å². The molecule has 0 bridgehead atoms. The molecule has 0 spiro atoms. The zero-order valence-corrected chi connectivity index (χ0v) is 23.4. The van der Waals surface area contributed by atoms with Crippen molar-refractivity contribution < 1.29 is 29.4 Å². The van der Waals surface area contributed by atoms with Gasteiger partial charge >= 0.3 is 5.97 Å². The average Bonchev–Trinajstić information content (AvgIpc) is 2.87. The summed E-state index contributed by atoms with van der Waals surface area (Å²) in [5.74, 6) is -2.88. The van der Waals surface area contributed by atoms with E-state index in [0.29, 0.717) is 24.2 Å². The second-order valence-electron chi connectivity index (χ2n) is 9.40. The minimum atomic E-state index is -1.24. The van der Waals surface area contributed by atoms with Crippen LogP contribution in [0.3, 0.4) is 0 Å². The van der Waals surface area contributed by atoms with Crippen molar-refractivity contribution in [3.05, 3.63) is 29.8 Å². The van der Waals surface area contributed by atoms with Gasteiger partial charge in [0.05, 0.1) is 6.04 Å². The Bertz CT molecular complexity index is 986. The number of aliphatic carboxylic acids is 1. The normalized spacial score (nSPS) is 14.0. The van der Waals surface area contributed by atoms with Gasteiger partial charge < -0.3 is 43.4 Å². The average molecular weight is 568 g/mol. The molecule has 13 nitrogen and oxygen atoms in total. The number of nitrogens with zero attached hydrogens (tertiary/aromatic N) is 1. The number of carboxylic acid groups (broad SMARTS) is 1. The van der Waals surface area contributed by atoms with E-state index in [4.69, 9.17) is 17.2 Å². The molecule has 0 saturated carbocycles. The largest absolute Gasteiger partial charge is 0.508 e. The number of guanidine groups is 1. The van der Waals surface area contributed by atoms with E-state index in [-0.39, 0.29) is 31.1 Å². The first-order valence-corrected chi connectivity index (χ1v) is 14.0. The van der Waals surface area contributed by atoms with Crippen LogP contribution < -0.4 is 33.2 Å². The molecule has 0 aliphatic carbocycles. The number of hydrogen-bond donors (Lipinski definition) is 8. The zero-order chi connectivity index (χ0) is 29.5. The third kappa shape index (κ3) is 12.7. The van der Waals surface area contributed by atoms with Crippen LogP contribution in [0.2, 0.25) is 0 Å². The molecule has 14 heteroatoms. The third-order valence-electron chi connectivity index (χ3n) is 5.79. The highest BCUT2D eigenvalue weighted by atomic mass is 32.2. The maximum Gasteiger partial charge on any atom is 0.326 e. The second-order valence-corrected chi connectivity index (χ2v) is 10.4. The first kappa shape index (κ1) is 33.5. The second kappa shape index (κ2) is 17.1. The molecule has 39 heavy (non-hydrogen) atoms. The number of rotatable bonds is 17. The molecule has 0 radical (unpaired) electrons. The number of nitrogens with one attached hydrogen (secondary N) is 3. The van der Waals surface area contributed by atoms with Gasteiger partial charge in [-0.3, -0.25) is 19.4 Å². The fourth-order valence-corrected chi connectivity index (χ4v) is 4.03. The van der Waals surface area contributed by atoms with Crippen molar-refractivity contribution in [2.45, 2.75) is 63.7 Å². The number of benzene rings is 1. The van der Waals surface area contributed by atoms with Gasteiger partial charge in [-0.15, -0.1) is 0 Å². The summed E-state index contributed by atoms with van der Waals surface area (Å²) < 4.78 is 0. The Morgan fingerprint density at radius 3 is 2.10 bits per heavy atom.